The number of hydrogen-bond donors (Lipinski definition) is 2. The molecule has 0 amide bonds. The Labute approximate surface area is 109 Å². The third-order valence-corrected chi connectivity index (χ3v) is 2.47. The number of halogens is 1. The van der Waals surface area contributed by atoms with Crippen LogP contribution in [0.5, 0.6) is 0 Å². The van der Waals surface area contributed by atoms with Gasteiger partial charge in [-0.25, -0.2) is 0 Å². The summed E-state index contributed by atoms with van der Waals surface area (Å²) in [6.07, 6.45) is 0. The highest BCUT2D eigenvalue weighted by Gasteiger charge is 2.30. The lowest BCUT2D eigenvalue weighted by atomic mass is 9.86. The molecule has 2 N–H and O–H groups in total. The highest BCUT2D eigenvalue weighted by atomic mass is 35.5. The van der Waals surface area contributed by atoms with Crippen molar-refractivity contribution in [1.29, 1.82) is 0 Å². The van der Waals surface area contributed by atoms with Gasteiger partial charge in [0.15, 0.2) is 0 Å². The van der Waals surface area contributed by atoms with E-state index in [4.69, 9.17) is 5.11 Å². The normalized spacial score (nSPS) is 12.6. The number of carboxylic acid groups (broad SMARTS) is 1. The van der Waals surface area contributed by atoms with Crippen molar-refractivity contribution >= 4 is 18.4 Å². The molecular weight excluding hydrogens is 238 g/mol. The van der Waals surface area contributed by atoms with Crippen LogP contribution in [-0.2, 0) is 11.3 Å². The molecule has 0 heterocycles. The highest BCUT2D eigenvalue weighted by molar-refractivity contribution is 5.85. The summed E-state index contributed by atoms with van der Waals surface area (Å²) in [4.78, 5) is 11.1. The van der Waals surface area contributed by atoms with E-state index in [1.165, 1.54) is 0 Å². The van der Waals surface area contributed by atoms with Gasteiger partial charge >= 0.3 is 5.97 Å². The molecule has 17 heavy (non-hydrogen) atoms. The molecule has 1 aromatic carbocycles. The van der Waals surface area contributed by atoms with Gasteiger partial charge in [0.2, 0.25) is 0 Å². The number of rotatable bonds is 4. The zero-order chi connectivity index (χ0) is 12.2. The summed E-state index contributed by atoms with van der Waals surface area (Å²) in [6, 6.07) is 9.27. The third-order valence-electron chi connectivity index (χ3n) is 2.47. The van der Waals surface area contributed by atoms with Gasteiger partial charge in [0.25, 0.3) is 0 Å². The minimum absolute atomic E-state index is 0. The highest BCUT2D eigenvalue weighted by Crippen LogP contribution is 2.19. The quantitative estimate of drug-likeness (QED) is 0.872. The monoisotopic (exact) mass is 257 g/mol. The van der Waals surface area contributed by atoms with Crippen LogP contribution < -0.4 is 5.32 Å². The number of benzene rings is 1. The summed E-state index contributed by atoms with van der Waals surface area (Å²) in [5.41, 5.74) is 0.804. The first kappa shape index (κ1) is 15.9. The minimum Gasteiger partial charge on any atom is -0.480 e. The number of aliphatic carboxylic acids is 1. The molecule has 3 nitrogen and oxygen atoms in total. The first-order valence-electron chi connectivity index (χ1n) is 5.41. The summed E-state index contributed by atoms with van der Waals surface area (Å²) in [5.74, 6) is -0.802. The van der Waals surface area contributed by atoms with Gasteiger partial charge in [-0.2, -0.15) is 0 Å². The van der Waals surface area contributed by atoms with Crippen LogP contribution in [0.15, 0.2) is 30.3 Å². The van der Waals surface area contributed by atoms with Crippen LogP contribution in [0.2, 0.25) is 0 Å². The molecule has 0 bridgehead atoms. The Hall–Kier alpha value is -1.06. The lowest BCUT2D eigenvalue weighted by Crippen LogP contribution is -2.46. The van der Waals surface area contributed by atoms with Gasteiger partial charge in [0.1, 0.15) is 6.04 Å². The molecule has 1 atom stereocenters. The summed E-state index contributed by atoms with van der Waals surface area (Å²) < 4.78 is 0. The molecule has 0 aromatic heterocycles. The van der Waals surface area contributed by atoms with Gasteiger partial charge in [0.05, 0.1) is 0 Å². The van der Waals surface area contributed by atoms with E-state index in [2.05, 4.69) is 5.32 Å². The van der Waals surface area contributed by atoms with Gasteiger partial charge in [0, 0.05) is 6.54 Å². The molecule has 96 valence electrons. The Balaban J connectivity index is 0.00000256. The lowest BCUT2D eigenvalue weighted by molar-refractivity contribution is -0.142. The van der Waals surface area contributed by atoms with Crippen LogP contribution in [0, 0.1) is 5.41 Å². The molecular formula is C13H20ClNO2. The zero-order valence-corrected chi connectivity index (χ0v) is 11.3. The van der Waals surface area contributed by atoms with Crippen LogP contribution in [0.25, 0.3) is 0 Å². The standard InChI is InChI=1S/C13H19NO2.ClH/c1-13(2,3)11(12(15)16)14-9-10-7-5-4-6-8-10;/h4-8,11,14H,9H2,1-3H3,(H,15,16);1H/t11-;/m1./s1. The lowest BCUT2D eigenvalue weighted by Gasteiger charge is -2.27. The van der Waals surface area contributed by atoms with Crippen molar-refractivity contribution in [3.8, 4) is 0 Å². The first-order valence-corrected chi connectivity index (χ1v) is 5.41. The van der Waals surface area contributed by atoms with E-state index in [1.807, 2.05) is 51.1 Å². The summed E-state index contributed by atoms with van der Waals surface area (Å²) in [5, 5.41) is 12.2. The van der Waals surface area contributed by atoms with Crippen molar-refractivity contribution in [2.24, 2.45) is 5.41 Å². The second-order valence-electron chi connectivity index (χ2n) is 5.00. The molecule has 0 saturated carbocycles. The van der Waals surface area contributed by atoms with Gasteiger partial charge in [-0.15, -0.1) is 12.4 Å². The van der Waals surface area contributed by atoms with Crippen LogP contribution in [0.1, 0.15) is 26.3 Å². The molecule has 1 aromatic rings. The largest absolute Gasteiger partial charge is 0.480 e. The van der Waals surface area contributed by atoms with Crippen molar-refractivity contribution in [3.63, 3.8) is 0 Å². The summed E-state index contributed by atoms with van der Waals surface area (Å²) >= 11 is 0. The van der Waals surface area contributed by atoms with E-state index in [-0.39, 0.29) is 17.8 Å². The second kappa shape index (κ2) is 6.62. The van der Waals surface area contributed by atoms with Crippen LogP contribution >= 0.6 is 12.4 Å². The smallest absolute Gasteiger partial charge is 0.321 e. The topological polar surface area (TPSA) is 49.3 Å². The van der Waals surface area contributed by atoms with Crippen LogP contribution in [0.3, 0.4) is 0 Å². The van der Waals surface area contributed by atoms with Gasteiger partial charge in [-0.1, -0.05) is 51.1 Å². The second-order valence-corrected chi connectivity index (χ2v) is 5.00. The predicted molar refractivity (Wildman–Crippen MR) is 71.4 cm³/mol. The average Bonchev–Trinajstić information content (AvgIpc) is 2.17. The van der Waals surface area contributed by atoms with Gasteiger partial charge in [-0.05, 0) is 11.0 Å². The zero-order valence-electron chi connectivity index (χ0n) is 10.4. The van der Waals surface area contributed by atoms with Gasteiger partial charge < -0.3 is 5.11 Å². The molecule has 0 saturated heterocycles. The SMILES string of the molecule is CC(C)(C)[C@H](NCc1ccccc1)C(=O)O.Cl. The number of carboxylic acids is 1. The molecule has 1 rings (SSSR count). The van der Waals surface area contributed by atoms with Gasteiger partial charge in [-0.3, -0.25) is 10.1 Å². The maximum absolute atomic E-state index is 11.1. The Morgan fingerprint density at radius 1 is 1.29 bits per heavy atom. The molecule has 0 aliphatic rings. The molecule has 0 aliphatic heterocycles. The predicted octanol–water partition coefficient (Wildman–Crippen LogP) is 2.70. The fourth-order valence-corrected chi connectivity index (χ4v) is 1.58. The third kappa shape index (κ3) is 5.20. The Morgan fingerprint density at radius 2 is 1.82 bits per heavy atom. The van der Waals surface area contributed by atoms with Crippen LogP contribution in [0.4, 0.5) is 0 Å². The maximum atomic E-state index is 11.1. The average molecular weight is 258 g/mol. The van der Waals surface area contributed by atoms with E-state index in [9.17, 15) is 4.79 Å². The van der Waals surface area contributed by atoms with E-state index >= 15 is 0 Å². The van der Waals surface area contributed by atoms with E-state index in [0.29, 0.717) is 6.54 Å². The Kier molecular flexibility index (Phi) is 6.21. The molecule has 0 radical (unpaired) electrons. The number of nitrogens with one attached hydrogen (secondary N) is 1. The van der Waals surface area contributed by atoms with Crippen LogP contribution in [-0.4, -0.2) is 17.1 Å². The van der Waals surface area contributed by atoms with Crippen molar-refractivity contribution < 1.29 is 9.90 Å². The summed E-state index contributed by atoms with van der Waals surface area (Å²) in [7, 11) is 0. The Bertz CT molecular complexity index is 346. The number of hydrogen-bond acceptors (Lipinski definition) is 2. The van der Waals surface area contributed by atoms with Crippen molar-refractivity contribution in [3.05, 3.63) is 35.9 Å². The van der Waals surface area contributed by atoms with E-state index in [1.54, 1.807) is 0 Å². The molecule has 0 spiro atoms. The fraction of sp³-hybridized carbons (Fsp3) is 0.462. The van der Waals surface area contributed by atoms with Crippen molar-refractivity contribution in [2.45, 2.75) is 33.4 Å². The molecule has 0 aliphatic carbocycles. The minimum atomic E-state index is -0.802. The fourth-order valence-electron chi connectivity index (χ4n) is 1.58. The van der Waals surface area contributed by atoms with Crippen molar-refractivity contribution in [1.82, 2.24) is 5.32 Å². The van der Waals surface area contributed by atoms with E-state index < -0.39 is 12.0 Å². The molecule has 0 unspecified atom stereocenters. The first-order chi connectivity index (χ1) is 7.41. The molecule has 0 fully saturated rings. The number of carbonyl (C=O) groups is 1. The van der Waals surface area contributed by atoms with E-state index in [0.717, 1.165) is 5.56 Å². The summed E-state index contributed by atoms with van der Waals surface area (Å²) in [6.45, 7) is 6.34. The maximum Gasteiger partial charge on any atom is 0.321 e. The van der Waals surface area contributed by atoms with Crippen molar-refractivity contribution in [2.75, 3.05) is 0 Å². The Morgan fingerprint density at radius 3 is 2.24 bits per heavy atom. The molecule has 4 heteroatoms.